The molecule has 0 aliphatic carbocycles. The number of rotatable bonds is 10. The normalized spacial score (nSPS) is 12.2. The van der Waals surface area contributed by atoms with Crippen LogP contribution >= 0.6 is 35.0 Å². The smallest absolute Gasteiger partial charge is 0.272 e. The number of sulfonamides is 1. The van der Waals surface area contributed by atoms with Crippen molar-refractivity contribution >= 4 is 80.2 Å². The molecule has 44 heavy (non-hydrogen) atoms. The molecule has 9 nitrogen and oxygen atoms in total. The Morgan fingerprint density at radius 3 is 2.07 bits per heavy atom. The summed E-state index contributed by atoms with van der Waals surface area (Å²) in [6, 6.07) is 25.6. The van der Waals surface area contributed by atoms with Gasteiger partial charge in [0.05, 0.1) is 10.1 Å². The van der Waals surface area contributed by atoms with Gasteiger partial charge in [0.1, 0.15) is 5.70 Å². The van der Waals surface area contributed by atoms with Crippen LogP contribution in [0.1, 0.15) is 22.8 Å². The van der Waals surface area contributed by atoms with Crippen molar-refractivity contribution < 1.29 is 22.8 Å². The average molecular weight is 670 g/mol. The van der Waals surface area contributed by atoms with Crippen molar-refractivity contribution in [3.63, 3.8) is 0 Å². The second-order valence-corrected chi connectivity index (χ2v) is 13.2. The predicted octanol–water partition coefficient (Wildman–Crippen LogP) is 6.17. The van der Waals surface area contributed by atoms with Gasteiger partial charge in [0.25, 0.3) is 11.8 Å². The molecule has 0 bridgehead atoms. The summed E-state index contributed by atoms with van der Waals surface area (Å²) in [4.78, 5) is 39.5. The Balaban J connectivity index is 1.43. The minimum atomic E-state index is -3.83. The Morgan fingerprint density at radius 2 is 1.45 bits per heavy atom. The number of amides is 3. The first-order valence-corrected chi connectivity index (χ1v) is 16.1. The van der Waals surface area contributed by atoms with Gasteiger partial charge in [-0.3, -0.25) is 14.4 Å². The van der Waals surface area contributed by atoms with Crippen LogP contribution in [-0.4, -0.2) is 31.4 Å². The van der Waals surface area contributed by atoms with E-state index in [1.165, 1.54) is 48.2 Å². The molecule has 4 rings (SSSR count). The Hall–Kier alpha value is -4.13. The second-order valence-electron chi connectivity index (χ2n) is 9.34. The van der Waals surface area contributed by atoms with Gasteiger partial charge in [-0.05, 0) is 91.4 Å². The number of carbonyl (C=O) groups is 3. The molecular formula is C31H26Cl2N4O5S2. The van der Waals surface area contributed by atoms with Gasteiger partial charge in [0.2, 0.25) is 15.9 Å². The fraction of sp³-hybridized carbons (Fsp3) is 0.0645. The largest absolute Gasteiger partial charge is 0.325 e. The Labute approximate surface area is 268 Å². The summed E-state index contributed by atoms with van der Waals surface area (Å²) in [5.41, 5.74) is 1.69. The van der Waals surface area contributed by atoms with Crippen molar-refractivity contribution in [2.75, 3.05) is 10.6 Å². The first-order valence-electron chi connectivity index (χ1n) is 12.9. The summed E-state index contributed by atoms with van der Waals surface area (Å²) in [7, 11) is -3.83. The van der Waals surface area contributed by atoms with Gasteiger partial charge >= 0.3 is 0 Å². The zero-order valence-electron chi connectivity index (χ0n) is 23.1. The summed E-state index contributed by atoms with van der Waals surface area (Å²) >= 11 is 13.6. The summed E-state index contributed by atoms with van der Waals surface area (Å²) in [6.45, 7) is 1.72. The van der Waals surface area contributed by atoms with Gasteiger partial charge in [-0.1, -0.05) is 47.5 Å². The molecule has 3 amide bonds. The maximum absolute atomic E-state index is 13.3. The topological polar surface area (TPSA) is 147 Å². The van der Waals surface area contributed by atoms with Crippen LogP contribution in [0.3, 0.4) is 0 Å². The first kappa shape index (κ1) is 32.8. The van der Waals surface area contributed by atoms with E-state index in [0.717, 1.165) is 4.90 Å². The number of carbonyl (C=O) groups excluding carboxylic acids is 3. The molecule has 0 heterocycles. The highest BCUT2D eigenvalue weighted by molar-refractivity contribution is 8.00. The van der Waals surface area contributed by atoms with E-state index < -0.39 is 27.1 Å². The fourth-order valence-electron chi connectivity index (χ4n) is 3.76. The van der Waals surface area contributed by atoms with Crippen molar-refractivity contribution in [1.29, 1.82) is 0 Å². The van der Waals surface area contributed by atoms with Crippen LogP contribution in [0.25, 0.3) is 6.08 Å². The number of anilines is 2. The molecule has 0 fully saturated rings. The van der Waals surface area contributed by atoms with E-state index in [1.54, 1.807) is 73.7 Å². The summed E-state index contributed by atoms with van der Waals surface area (Å²) in [5, 5.41) is 13.5. The maximum atomic E-state index is 13.3. The van der Waals surface area contributed by atoms with Crippen molar-refractivity contribution in [3.05, 3.63) is 124 Å². The molecule has 0 aliphatic heterocycles. The molecule has 226 valence electrons. The summed E-state index contributed by atoms with van der Waals surface area (Å²) in [5.74, 6) is -1.35. The van der Waals surface area contributed by atoms with Crippen molar-refractivity contribution in [3.8, 4) is 0 Å². The van der Waals surface area contributed by atoms with E-state index in [0.29, 0.717) is 32.5 Å². The zero-order valence-corrected chi connectivity index (χ0v) is 26.2. The number of thioether (sulfide) groups is 1. The number of hydrogen-bond acceptors (Lipinski definition) is 6. The van der Waals surface area contributed by atoms with Crippen LogP contribution in [0, 0.1) is 0 Å². The highest BCUT2D eigenvalue weighted by Crippen LogP contribution is 2.27. The van der Waals surface area contributed by atoms with E-state index in [4.69, 9.17) is 28.3 Å². The van der Waals surface area contributed by atoms with Gasteiger partial charge in [0.15, 0.2) is 0 Å². The second kappa shape index (κ2) is 14.6. The van der Waals surface area contributed by atoms with Gasteiger partial charge in [-0.15, -0.1) is 11.8 Å². The minimum Gasteiger partial charge on any atom is -0.325 e. The van der Waals surface area contributed by atoms with Crippen molar-refractivity contribution in [1.82, 2.24) is 5.32 Å². The van der Waals surface area contributed by atoms with Gasteiger partial charge < -0.3 is 16.0 Å². The van der Waals surface area contributed by atoms with E-state index in [1.807, 2.05) is 0 Å². The number of hydrogen-bond donors (Lipinski definition) is 4. The molecule has 0 radical (unpaired) electrons. The Morgan fingerprint density at radius 1 is 0.841 bits per heavy atom. The van der Waals surface area contributed by atoms with Crippen LogP contribution in [0.15, 0.2) is 113 Å². The van der Waals surface area contributed by atoms with Gasteiger partial charge in [0, 0.05) is 31.9 Å². The fourth-order valence-corrected chi connectivity index (χ4v) is 5.61. The van der Waals surface area contributed by atoms with Gasteiger partial charge in [-0.2, -0.15) is 0 Å². The van der Waals surface area contributed by atoms with E-state index in [-0.39, 0.29) is 16.5 Å². The number of nitrogens with one attached hydrogen (secondary N) is 3. The molecule has 0 spiro atoms. The number of primary sulfonamides is 1. The first-order chi connectivity index (χ1) is 20.9. The van der Waals surface area contributed by atoms with Crippen LogP contribution in [0.4, 0.5) is 11.4 Å². The lowest BCUT2D eigenvalue weighted by Gasteiger charge is -2.14. The summed E-state index contributed by atoms with van der Waals surface area (Å²) < 4.78 is 22.8. The molecule has 4 aromatic rings. The molecular weight excluding hydrogens is 643 g/mol. The molecule has 1 atom stereocenters. The van der Waals surface area contributed by atoms with Gasteiger partial charge in [-0.25, -0.2) is 13.6 Å². The number of nitrogens with two attached hydrogens (primary N) is 1. The Bertz CT molecular complexity index is 1820. The minimum absolute atomic E-state index is 0.0380. The highest BCUT2D eigenvalue weighted by Gasteiger charge is 2.18. The predicted molar refractivity (Wildman–Crippen MR) is 175 cm³/mol. The molecule has 13 heteroatoms. The molecule has 5 N–H and O–H groups in total. The van der Waals surface area contributed by atoms with E-state index in [9.17, 15) is 22.8 Å². The molecule has 0 saturated carbocycles. The third kappa shape index (κ3) is 9.18. The third-order valence-corrected chi connectivity index (χ3v) is 8.64. The molecule has 1 unspecified atom stereocenters. The van der Waals surface area contributed by atoms with Crippen LogP contribution in [-0.2, 0) is 19.6 Å². The average Bonchev–Trinajstić information content (AvgIpc) is 2.99. The van der Waals surface area contributed by atoms with Crippen LogP contribution in [0.2, 0.25) is 10.0 Å². The van der Waals surface area contributed by atoms with Crippen LogP contribution in [0.5, 0.6) is 0 Å². The Kier molecular flexibility index (Phi) is 10.8. The van der Waals surface area contributed by atoms with E-state index in [2.05, 4.69) is 16.0 Å². The monoisotopic (exact) mass is 668 g/mol. The molecule has 4 aromatic carbocycles. The standard InChI is InChI=1S/C31H26Cl2N4O5S2/c1-19(29(38)35-24-11-15-26(16-12-24)44(34,41)42)43-25-13-9-23(10-14-25)36-31(40)28(17-21-7-8-22(32)18-27(21)33)37-30(39)20-5-3-2-4-6-20/h2-19H,1H3,(H,35,38)(H,36,40)(H,37,39)(H2,34,41,42)/b28-17-. The third-order valence-electron chi connectivity index (χ3n) is 6.04. The lowest BCUT2D eigenvalue weighted by Crippen LogP contribution is -2.30. The molecule has 0 aromatic heterocycles. The maximum Gasteiger partial charge on any atom is 0.272 e. The number of halogens is 2. The molecule has 0 aliphatic rings. The van der Waals surface area contributed by atoms with E-state index >= 15 is 0 Å². The van der Waals surface area contributed by atoms with Crippen LogP contribution < -0.4 is 21.1 Å². The molecule has 0 saturated heterocycles. The summed E-state index contributed by atoms with van der Waals surface area (Å²) in [6.07, 6.45) is 1.46. The SMILES string of the molecule is CC(Sc1ccc(NC(=O)/C(=C/c2ccc(Cl)cc2Cl)NC(=O)c2ccccc2)cc1)C(=O)Nc1ccc(S(N)(=O)=O)cc1. The quantitative estimate of drug-likeness (QED) is 0.117. The lowest BCUT2D eigenvalue weighted by atomic mass is 10.1. The number of benzene rings is 4. The zero-order chi connectivity index (χ0) is 31.9. The highest BCUT2D eigenvalue weighted by atomic mass is 35.5. The van der Waals surface area contributed by atoms with Crippen molar-refractivity contribution in [2.45, 2.75) is 22.0 Å². The van der Waals surface area contributed by atoms with Crippen molar-refractivity contribution in [2.24, 2.45) is 5.14 Å². The lowest BCUT2D eigenvalue weighted by molar-refractivity contribution is -0.115.